The number of rotatable bonds is 17. The zero-order valence-electron chi connectivity index (χ0n) is 35.8. The molecule has 3 aliphatic heterocycles. The molecule has 0 bridgehead atoms. The minimum atomic E-state index is -1.08. The summed E-state index contributed by atoms with van der Waals surface area (Å²) in [4.78, 5) is 76.4. The van der Waals surface area contributed by atoms with E-state index in [1.165, 1.54) is 0 Å². The van der Waals surface area contributed by atoms with E-state index in [0.29, 0.717) is 30.3 Å². The van der Waals surface area contributed by atoms with E-state index in [9.17, 15) is 29.1 Å². The summed E-state index contributed by atoms with van der Waals surface area (Å²) in [5.41, 5.74) is 8.06. The van der Waals surface area contributed by atoms with Crippen molar-refractivity contribution >= 4 is 46.7 Å². The minimum absolute atomic E-state index is 0.0662. The predicted molar refractivity (Wildman–Crippen MR) is 238 cm³/mol. The first-order chi connectivity index (χ1) is 30.3. The second kappa shape index (κ2) is 20.4. The molecule has 4 aromatic rings. The number of nitrogens with zero attached hydrogens (tertiary/aromatic N) is 4. The molecule has 0 spiro atoms. The standard InChI is InChI=1S/C48H54N6O8S/c1-48(2,60)22-19-31-12-10-13-32(26-31)30-62-38-27-34(28-50-43(38)49)39-29-51-45(63-39)33-20-23-53(24-21-33)41(56)16-8-6-4-3-5-7-9-25-61-37-15-11-14-35-42(37)47(59)54(46(35)58)36-17-18-40(55)52-44(36)57/h10-15,26-29,33,36,60H,3-9,16-18,20-21,23-25,30H2,1-2H3,(H2,49,50)(H,52,55,57). The van der Waals surface area contributed by atoms with E-state index < -0.39 is 35.3 Å². The number of carbonyl (C=O) groups excluding carboxylic acids is 5. The maximum absolute atomic E-state index is 13.3. The average molecular weight is 875 g/mol. The number of nitrogen functional groups attached to an aromatic ring is 1. The largest absolute Gasteiger partial charge is 0.493 e. The molecule has 0 radical (unpaired) electrons. The van der Waals surface area contributed by atoms with Crippen LogP contribution < -0.4 is 20.5 Å². The number of hydrogen-bond acceptors (Lipinski definition) is 12. The van der Waals surface area contributed by atoms with Gasteiger partial charge in [-0.3, -0.25) is 34.2 Å². The third-order valence-corrected chi connectivity index (χ3v) is 12.7. The number of imide groups is 2. The van der Waals surface area contributed by atoms with Crippen LogP contribution in [0.25, 0.3) is 10.4 Å². The van der Waals surface area contributed by atoms with E-state index >= 15 is 0 Å². The highest BCUT2D eigenvalue weighted by atomic mass is 32.1. The summed E-state index contributed by atoms with van der Waals surface area (Å²) in [6, 6.07) is 13.4. The second-order valence-corrected chi connectivity index (χ2v) is 17.9. The van der Waals surface area contributed by atoms with Gasteiger partial charge < -0.3 is 25.2 Å². The van der Waals surface area contributed by atoms with Crippen LogP contribution in [0.1, 0.15) is 134 Å². The number of aliphatic hydroxyl groups is 1. The number of pyridine rings is 1. The Kier molecular flexibility index (Phi) is 14.5. The fourth-order valence-corrected chi connectivity index (χ4v) is 9.09. The monoisotopic (exact) mass is 874 g/mol. The Morgan fingerprint density at radius 2 is 1.65 bits per heavy atom. The van der Waals surface area contributed by atoms with Crippen molar-refractivity contribution in [2.45, 2.75) is 115 Å². The summed E-state index contributed by atoms with van der Waals surface area (Å²) >= 11 is 1.64. The van der Waals surface area contributed by atoms with Crippen molar-refractivity contribution in [3.05, 3.63) is 88.2 Å². The Morgan fingerprint density at radius 1 is 0.905 bits per heavy atom. The lowest BCUT2D eigenvalue weighted by molar-refractivity contribution is -0.136. The molecule has 4 N–H and O–H groups in total. The van der Waals surface area contributed by atoms with Crippen molar-refractivity contribution in [1.82, 2.24) is 25.1 Å². The number of likely N-dealkylation sites (tertiary alicyclic amines) is 1. The molecule has 7 rings (SSSR count). The maximum Gasteiger partial charge on any atom is 0.266 e. The number of nitrogens with one attached hydrogen (secondary N) is 1. The summed E-state index contributed by atoms with van der Waals surface area (Å²) in [6.07, 6.45) is 12.8. The first-order valence-electron chi connectivity index (χ1n) is 21.8. The van der Waals surface area contributed by atoms with E-state index in [0.717, 1.165) is 102 Å². The molecular weight excluding hydrogens is 821 g/mol. The van der Waals surface area contributed by atoms with Crippen LogP contribution in [0.4, 0.5) is 5.82 Å². The predicted octanol–water partition coefficient (Wildman–Crippen LogP) is 6.80. The Labute approximate surface area is 371 Å². The van der Waals surface area contributed by atoms with Gasteiger partial charge in [0.15, 0.2) is 11.6 Å². The van der Waals surface area contributed by atoms with Crippen LogP contribution >= 0.6 is 11.3 Å². The van der Waals surface area contributed by atoms with Crippen LogP contribution in [0.5, 0.6) is 11.5 Å². The molecule has 0 aliphatic carbocycles. The molecule has 5 amide bonds. The SMILES string of the molecule is CC(C)(O)C#Cc1cccc(COc2cc(-c3cnc(C4CCN(C(=O)CCCCCCCCCOc5cccc6c5C(=O)N(C5CCC(=O)NC5=O)C6=O)CC4)s3)cnc2N)c1. The smallest absolute Gasteiger partial charge is 0.266 e. The molecule has 14 nitrogen and oxygen atoms in total. The van der Waals surface area contributed by atoms with Gasteiger partial charge in [-0.1, -0.05) is 62.1 Å². The number of ether oxygens (including phenoxy) is 2. The van der Waals surface area contributed by atoms with Crippen molar-refractivity contribution in [2.24, 2.45) is 0 Å². The van der Waals surface area contributed by atoms with Gasteiger partial charge in [0.2, 0.25) is 17.7 Å². The van der Waals surface area contributed by atoms with E-state index in [4.69, 9.17) is 20.2 Å². The number of piperidine rings is 2. The lowest BCUT2D eigenvalue weighted by Gasteiger charge is -2.31. The van der Waals surface area contributed by atoms with Crippen LogP contribution in [0, 0.1) is 11.8 Å². The molecule has 2 aromatic carbocycles. The number of amides is 5. The quantitative estimate of drug-likeness (QED) is 0.0574. The first kappa shape index (κ1) is 44.9. The van der Waals surface area contributed by atoms with Gasteiger partial charge in [-0.15, -0.1) is 11.3 Å². The normalized spacial score (nSPS) is 16.7. The molecule has 5 heterocycles. The molecular formula is C48H54N6O8S. The lowest BCUT2D eigenvalue weighted by atomic mass is 9.97. The molecule has 15 heteroatoms. The van der Waals surface area contributed by atoms with E-state index in [-0.39, 0.29) is 42.4 Å². The number of unbranched alkanes of at least 4 members (excludes halogenated alkanes) is 6. The van der Waals surface area contributed by atoms with Crippen molar-refractivity contribution in [3.8, 4) is 33.8 Å². The number of benzene rings is 2. The van der Waals surface area contributed by atoms with Gasteiger partial charge in [0.05, 0.1) is 27.6 Å². The summed E-state index contributed by atoms with van der Waals surface area (Å²) in [7, 11) is 0. The maximum atomic E-state index is 13.3. The van der Waals surface area contributed by atoms with E-state index in [2.05, 4.69) is 22.1 Å². The van der Waals surface area contributed by atoms with Crippen LogP contribution in [-0.2, 0) is 21.0 Å². The number of aromatic nitrogens is 2. The number of anilines is 1. The van der Waals surface area contributed by atoms with Gasteiger partial charge in [-0.2, -0.15) is 0 Å². The van der Waals surface area contributed by atoms with Gasteiger partial charge in [0.25, 0.3) is 11.8 Å². The summed E-state index contributed by atoms with van der Waals surface area (Å²) in [5, 5.41) is 13.2. The highest BCUT2D eigenvalue weighted by molar-refractivity contribution is 7.15. The van der Waals surface area contributed by atoms with Crippen LogP contribution in [-0.4, -0.2) is 85.7 Å². The second-order valence-electron chi connectivity index (χ2n) is 16.8. The molecule has 330 valence electrons. The third kappa shape index (κ3) is 11.5. The Hall–Kier alpha value is -6.11. The number of nitrogens with two attached hydrogens (primary N) is 1. The summed E-state index contributed by atoms with van der Waals surface area (Å²) in [5.74, 6) is 5.27. The van der Waals surface area contributed by atoms with Crippen LogP contribution in [0.2, 0.25) is 0 Å². The van der Waals surface area contributed by atoms with Gasteiger partial charge in [-0.05, 0) is 81.8 Å². The molecule has 2 aromatic heterocycles. The molecule has 0 saturated carbocycles. The Bertz CT molecular complexity index is 2410. The van der Waals surface area contributed by atoms with Crippen molar-refractivity contribution in [3.63, 3.8) is 0 Å². The van der Waals surface area contributed by atoms with Crippen molar-refractivity contribution in [1.29, 1.82) is 0 Å². The number of fused-ring (bicyclic) bond motifs is 1. The zero-order chi connectivity index (χ0) is 44.5. The Morgan fingerprint density at radius 3 is 2.41 bits per heavy atom. The topological polar surface area (TPSA) is 194 Å². The summed E-state index contributed by atoms with van der Waals surface area (Å²) < 4.78 is 12.0. The minimum Gasteiger partial charge on any atom is -0.493 e. The number of carbonyl (C=O) groups is 5. The van der Waals surface area contributed by atoms with E-state index in [1.54, 1.807) is 49.6 Å². The molecule has 63 heavy (non-hydrogen) atoms. The van der Waals surface area contributed by atoms with Crippen molar-refractivity contribution in [2.75, 3.05) is 25.4 Å². The fourth-order valence-electron chi connectivity index (χ4n) is 8.02. The summed E-state index contributed by atoms with van der Waals surface area (Å²) in [6.45, 7) is 5.41. The van der Waals surface area contributed by atoms with Gasteiger partial charge in [-0.25, -0.2) is 9.97 Å². The van der Waals surface area contributed by atoms with Crippen LogP contribution in [0.15, 0.2) is 60.9 Å². The first-order valence-corrected chi connectivity index (χ1v) is 22.6. The van der Waals surface area contributed by atoms with Crippen molar-refractivity contribution < 1.29 is 38.6 Å². The highest BCUT2D eigenvalue weighted by Gasteiger charge is 2.46. The van der Waals surface area contributed by atoms with Gasteiger partial charge in [0.1, 0.15) is 24.0 Å². The molecule has 1 unspecified atom stereocenters. The lowest BCUT2D eigenvalue weighted by Crippen LogP contribution is -2.54. The molecule has 1 atom stereocenters. The molecule has 2 saturated heterocycles. The third-order valence-electron chi connectivity index (χ3n) is 11.4. The van der Waals surface area contributed by atoms with Gasteiger partial charge in [0, 0.05) is 55.4 Å². The Balaban J connectivity index is 0.768. The molecule has 3 aliphatic rings. The van der Waals surface area contributed by atoms with E-state index in [1.807, 2.05) is 41.4 Å². The van der Waals surface area contributed by atoms with Crippen LogP contribution in [0.3, 0.4) is 0 Å². The average Bonchev–Trinajstić information content (AvgIpc) is 3.86. The number of thiazole rings is 1. The fraction of sp³-hybridized carbons (Fsp3) is 0.438. The molecule has 2 fully saturated rings. The van der Waals surface area contributed by atoms with Gasteiger partial charge >= 0.3 is 0 Å². The number of hydrogen-bond donors (Lipinski definition) is 3. The zero-order valence-corrected chi connectivity index (χ0v) is 36.6. The highest BCUT2D eigenvalue weighted by Crippen LogP contribution is 2.37.